The molecule has 0 aromatic heterocycles. The number of halogens is 1. The molecule has 1 saturated heterocycles. The smallest absolute Gasteiger partial charge is 0.234 e. The van der Waals surface area contributed by atoms with E-state index < -0.39 is 0 Å². The zero-order valence-electron chi connectivity index (χ0n) is 11.2. The van der Waals surface area contributed by atoms with E-state index in [1.807, 2.05) is 6.07 Å². The molecule has 1 amide bonds. The summed E-state index contributed by atoms with van der Waals surface area (Å²) in [6.07, 6.45) is 1.86. The molecule has 0 spiro atoms. The van der Waals surface area contributed by atoms with Crippen LogP contribution in [-0.2, 0) is 14.9 Å². The molecule has 1 heterocycles. The zero-order valence-corrected chi connectivity index (χ0v) is 12.0. The minimum absolute atomic E-state index is 0.0142. The number of benzene rings is 1. The largest absolute Gasteiger partial charge is 0.381 e. The standard InChI is InChI=1S/C15H20ClNO2/c1-12-4-2-3-5-13(12)15(6-8-19-9-7-15)11-17-14(18)10-16/h2-5H,6-11H2,1H3,(H,17,18). The van der Waals surface area contributed by atoms with Gasteiger partial charge in [0.05, 0.1) is 0 Å². The van der Waals surface area contributed by atoms with Gasteiger partial charge >= 0.3 is 0 Å². The van der Waals surface area contributed by atoms with E-state index in [4.69, 9.17) is 16.3 Å². The highest BCUT2D eigenvalue weighted by atomic mass is 35.5. The van der Waals surface area contributed by atoms with Gasteiger partial charge in [0.2, 0.25) is 5.91 Å². The van der Waals surface area contributed by atoms with Crippen molar-refractivity contribution in [1.29, 1.82) is 0 Å². The highest BCUT2D eigenvalue weighted by Gasteiger charge is 2.35. The first-order valence-electron chi connectivity index (χ1n) is 6.64. The van der Waals surface area contributed by atoms with Crippen LogP contribution in [0.3, 0.4) is 0 Å². The first-order chi connectivity index (χ1) is 9.18. The van der Waals surface area contributed by atoms with Crippen LogP contribution in [0.4, 0.5) is 0 Å². The second-order valence-corrected chi connectivity index (χ2v) is 5.39. The molecule has 1 aromatic rings. The minimum Gasteiger partial charge on any atom is -0.381 e. The van der Waals surface area contributed by atoms with Gasteiger partial charge in [-0.05, 0) is 30.9 Å². The van der Waals surface area contributed by atoms with Crippen molar-refractivity contribution in [3.63, 3.8) is 0 Å². The van der Waals surface area contributed by atoms with Gasteiger partial charge in [0.1, 0.15) is 5.88 Å². The molecule has 0 saturated carbocycles. The van der Waals surface area contributed by atoms with Crippen LogP contribution in [0.5, 0.6) is 0 Å². The molecule has 2 rings (SSSR count). The molecule has 1 fully saturated rings. The van der Waals surface area contributed by atoms with E-state index in [0.29, 0.717) is 6.54 Å². The lowest BCUT2D eigenvalue weighted by Crippen LogP contribution is -2.45. The molecule has 1 N–H and O–H groups in total. The topological polar surface area (TPSA) is 38.3 Å². The highest BCUT2D eigenvalue weighted by Crippen LogP contribution is 2.36. The van der Waals surface area contributed by atoms with Crippen molar-refractivity contribution in [3.8, 4) is 0 Å². The predicted octanol–water partition coefficient (Wildman–Crippen LogP) is 2.40. The fourth-order valence-electron chi connectivity index (χ4n) is 2.79. The van der Waals surface area contributed by atoms with Crippen LogP contribution in [0.15, 0.2) is 24.3 Å². The molecule has 4 heteroatoms. The Morgan fingerprint density at radius 3 is 2.68 bits per heavy atom. The summed E-state index contributed by atoms with van der Waals surface area (Å²) in [6.45, 7) is 4.23. The summed E-state index contributed by atoms with van der Waals surface area (Å²) in [4.78, 5) is 11.4. The van der Waals surface area contributed by atoms with Crippen LogP contribution in [-0.4, -0.2) is 31.5 Å². The van der Waals surface area contributed by atoms with Gasteiger partial charge in [-0.15, -0.1) is 11.6 Å². The number of rotatable bonds is 4. The molecule has 0 aliphatic carbocycles. The third-order valence-electron chi connectivity index (χ3n) is 3.91. The summed E-state index contributed by atoms with van der Waals surface area (Å²) in [7, 11) is 0. The van der Waals surface area contributed by atoms with Gasteiger partial charge < -0.3 is 10.1 Å². The molecule has 104 valence electrons. The Morgan fingerprint density at radius 1 is 1.37 bits per heavy atom. The zero-order chi connectivity index (χ0) is 13.7. The van der Waals surface area contributed by atoms with Crippen molar-refractivity contribution in [2.45, 2.75) is 25.2 Å². The Hall–Kier alpha value is -1.06. The molecule has 1 aliphatic rings. The van der Waals surface area contributed by atoms with E-state index in [1.54, 1.807) is 0 Å². The Morgan fingerprint density at radius 2 is 2.05 bits per heavy atom. The van der Waals surface area contributed by atoms with Gasteiger partial charge in [0, 0.05) is 25.2 Å². The van der Waals surface area contributed by atoms with Crippen LogP contribution < -0.4 is 5.32 Å². The van der Waals surface area contributed by atoms with Crippen LogP contribution in [0.1, 0.15) is 24.0 Å². The second-order valence-electron chi connectivity index (χ2n) is 5.12. The van der Waals surface area contributed by atoms with Gasteiger partial charge in [0.25, 0.3) is 0 Å². The lowest BCUT2D eigenvalue weighted by atomic mass is 9.72. The van der Waals surface area contributed by atoms with E-state index in [0.717, 1.165) is 26.1 Å². The average molecular weight is 282 g/mol. The molecular weight excluding hydrogens is 262 g/mol. The van der Waals surface area contributed by atoms with Crippen molar-refractivity contribution in [3.05, 3.63) is 35.4 Å². The molecule has 0 bridgehead atoms. The third-order valence-corrected chi connectivity index (χ3v) is 4.15. The molecule has 0 unspecified atom stereocenters. The van der Waals surface area contributed by atoms with Gasteiger partial charge in [-0.3, -0.25) is 4.79 Å². The quantitative estimate of drug-likeness (QED) is 0.861. The molecule has 0 atom stereocenters. The maximum absolute atomic E-state index is 11.4. The Balaban J connectivity index is 2.24. The lowest BCUT2D eigenvalue weighted by molar-refractivity contribution is -0.119. The molecule has 1 aliphatic heterocycles. The summed E-state index contributed by atoms with van der Waals surface area (Å²) >= 11 is 5.56. The monoisotopic (exact) mass is 281 g/mol. The first kappa shape index (κ1) is 14.4. The average Bonchev–Trinajstić information content (AvgIpc) is 2.46. The number of carbonyl (C=O) groups excluding carboxylic acids is 1. The van der Waals surface area contributed by atoms with Crippen molar-refractivity contribution < 1.29 is 9.53 Å². The molecular formula is C15H20ClNO2. The summed E-state index contributed by atoms with van der Waals surface area (Å²) in [6, 6.07) is 8.38. The summed E-state index contributed by atoms with van der Waals surface area (Å²) < 4.78 is 5.48. The van der Waals surface area contributed by atoms with Crippen LogP contribution in [0, 0.1) is 6.92 Å². The number of amides is 1. The first-order valence-corrected chi connectivity index (χ1v) is 7.18. The van der Waals surface area contributed by atoms with E-state index in [2.05, 4.69) is 30.4 Å². The van der Waals surface area contributed by atoms with Crippen molar-refractivity contribution in [2.75, 3.05) is 25.6 Å². The van der Waals surface area contributed by atoms with Gasteiger partial charge in [-0.25, -0.2) is 0 Å². The molecule has 3 nitrogen and oxygen atoms in total. The van der Waals surface area contributed by atoms with Crippen LogP contribution in [0.25, 0.3) is 0 Å². The highest BCUT2D eigenvalue weighted by molar-refractivity contribution is 6.27. The normalized spacial score (nSPS) is 18.0. The summed E-state index contributed by atoms with van der Waals surface area (Å²) in [5, 5.41) is 2.94. The summed E-state index contributed by atoms with van der Waals surface area (Å²) in [5.74, 6) is -0.0958. The van der Waals surface area contributed by atoms with E-state index in [9.17, 15) is 4.79 Å². The van der Waals surface area contributed by atoms with Crippen LogP contribution >= 0.6 is 11.6 Å². The number of hydrogen-bond donors (Lipinski definition) is 1. The van der Waals surface area contributed by atoms with Gasteiger partial charge in [-0.1, -0.05) is 24.3 Å². The SMILES string of the molecule is Cc1ccccc1C1(CNC(=O)CCl)CCOCC1. The molecule has 19 heavy (non-hydrogen) atoms. The number of carbonyl (C=O) groups is 1. The number of ether oxygens (including phenoxy) is 1. The maximum Gasteiger partial charge on any atom is 0.234 e. The van der Waals surface area contributed by atoms with Crippen molar-refractivity contribution >= 4 is 17.5 Å². The Kier molecular flexibility index (Phi) is 4.83. The third kappa shape index (κ3) is 3.28. The maximum atomic E-state index is 11.4. The van der Waals surface area contributed by atoms with Gasteiger partial charge in [-0.2, -0.15) is 0 Å². The van der Waals surface area contributed by atoms with Crippen molar-refractivity contribution in [2.24, 2.45) is 0 Å². The fraction of sp³-hybridized carbons (Fsp3) is 0.533. The Labute approximate surface area is 119 Å². The van der Waals surface area contributed by atoms with Gasteiger partial charge in [0.15, 0.2) is 0 Å². The number of hydrogen-bond acceptors (Lipinski definition) is 2. The summed E-state index contributed by atoms with van der Waals surface area (Å²) in [5.41, 5.74) is 2.56. The fourth-order valence-corrected chi connectivity index (χ4v) is 2.88. The number of aryl methyl sites for hydroxylation is 1. The predicted molar refractivity (Wildman–Crippen MR) is 76.6 cm³/mol. The second kappa shape index (κ2) is 6.40. The number of alkyl halides is 1. The number of nitrogens with one attached hydrogen (secondary N) is 1. The van der Waals surface area contributed by atoms with Crippen LogP contribution in [0.2, 0.25) is 0 Å². The van der Waals surface area contributed by atoms with E-state index >= 15 is 0 Å². The van der Waals surface area contributed by atoms with Crippen molar-refractivity contribution in [1.82, 2.24) is 5.32 Å². The van der Waals surface area contributed by atoms with E-state index in [1.165, 1.54) is 11.1 Å². The minimum atomic E-state index is -0.110. The molecule has 0 radical (unpaired) electrons. The van der Waals surface area contributed by atoms with E-state index in [-0.39, 0.29) is 17.2 Å². The lowest BCUT2D eigenvalue weighted by Gasteiger charge is -2.38. The Bertz CT molecular complexity index is 442. The molecule has 1 aromatic carbocycles.